The first kappa shape index (κ1) is 13.4. The zero-order valence-electron chi connectivity index (χ0n) is 11.0. The Hall–Kier alpha value is -1.06. The summed E-state index contributed by atoms with van der Waals surface area (Å²) in [6.07, 6.45) is 3.04. The third kappa shape index (κ3) is 2.38. The molecule has 0 aliphatic heterocycles. The second kappa shape index (κ2) is 4.90. The average molecular weight is 254 g/mol. The van der Waals surface area contributed by atoms with E-state index in [0.717, 1.165) is 19.3 Å². The molecule has 0 bridgehead atoms. The number of hydrogen-bond acceptors (Lipinski definition) is 2. The molecular formula is C14H22O4. The number of aliphatic carboxylic acids is 2. The summed E-state index contributed by atoms with van der Waals surface area (Å²) in [6.45, 7) is 4.08. The molecule has 0 radical (unpaired) electrons. The highest BCUT2D eigenvalue weighted by Crippen LogP contribution is 2.49. The van der Waals surface area contributed by atoms with Gasteiger partial charge in [-0.1, -0.05) is 13.8 Å². The Morgan fingerprint density at radius 2 is 1.56 bits per heavy atom. The van der Waals surface area contributed by atoms with Gasteiger partial charge in [0.15, 0.2) is 0 Å². The van der Waals surface area contributed by atoms with Crippen molar-refractivity contribution in [1.29, 1.82) is 0 Å². The van der Waals surface area contributed by atoms with Crippen LogP contribution in [0.3, 0.4) is 0 Å². The van der Waals surface area contributed by atoms with Crippen molar-refractivity contribution in [1.82, 2.24) is 0 Å². The van der Waals surface area contributed by atoms with E-state index in [2.05, 4.69) is 6.92 Å². The van der Waals surface area contributed by atoms with Crippen LogP contribution >= 0.6 is 0 Å². The first-order chi connectivity index (χ1) is 8.40. The number of carbonyl (C=O) groups is 2. The predicted molar refractivity (Wildman–Crippen MR) is 66.0 cm³/mol. The van der Waals surface area contributed by atoms with Crippen LogP contribution in [0.2, 0.25) is 0 Å². The molecule has 2 saturated carbocycles. The fraction of sp³-hybridized carbons (Fsp3) is 0.857. The van der Waals surface area contributed by atoms with E-state index in [0.29, 0.717) is 24.2 Å². The topological polar surface area (TPSA) is 74.6 Å². The summed E-state index contributed by atoms with van der Waals surface area (Å²) in [4.78, 5) is 22.4. The lowest BCUT2D eigenvalue weighted by molar-refractivity contribution is -0.151. The number of carboxylic acid groups (broad SMARTS) is 2. The van der Waals surface area contributed by atoms with Crippen LogP contribution in [0.25, 0.3) is 0 Å². The van der Waals surface area contributed by atoms with Gasteiger partial charge < -0.3 is 10.2 Å². The van der Waals surface area contributed by atoms with Crippen molar-refractivity contribution in [3.63, 3.8) is 0 Å². The fourth-order valence-corrected chi connectivity index (χ4v) is 4.13. The smallest absolute Gasteiger partial charge is 0.306 e. The lowest BCUT2D eigenvalue weighted by Gasteiger charge is -2.46. The second-order valence-corrected chi connectivity index (χ2v) is 6.30. The van der Waals surface area contributed by atoms with Gasteiger partial charge in [0.2, 0.25) is 0 Å². The quantitative estimate of drug-likeness (QED) is 0.794. The van der Waals surface area contributed by atoms with Gasteiger partial charge in [-0.3, -0.25) is 9.59 Å². The molecule has 0 aromatic carbocycles. The Morgan fingerprint density at radius 1 is 0.889 bits per heavy atom. The molecule has 2 rings (SSSR count). The molecule has 0 heterocycles. The van der Waals surface area contributed by atoms with Crippen LogP contribution in [0.5, 0.6) is 0 Å². The highest BCUT2D eigenvalue weighted by atomic mass is 16.4. The summed E-state index contributed by atoms with van der Waals surface area (Å²) < 4.78 is 0. The van der Waals surface area contributed by atoms with Gasteiger partial charge in [-0.25, -0.2) is 0 Å². The maximum absolute atomic E-state index is 11.2. The van der Waals surface area contributed by atoms with E-state index in [9.17, 15) is 14.7 Å². The first-order valence-electron chi connectivity index (χ1n) is 6.85. The zero-order valence-corrected chi connectivity index (χ0v) is 11.0. The van der Waals surface area contributed by atoms with E-state index in [4.69, 9.17) is 5.11 Å². The van der Waals surface area contributed by atoms with Crippen molar-refractivity contribution in [2.75, 3.05) is 0 Å². The van der Waals surface area contributed by atoms with Gasteiger partial charge in [-0.2, -0.15) is 0 Å². The standard InChI is InChI=1S/C14H22O4/c1-7-4-10(13(15)16)5-9-3-8(2)12(14(17)18)6-11(7)9/h7-12H,3-6H2,1-2H3,(H,15,16)(H,17,18). The lowest BCUT2D eigenvalue weighted by atomic mass is 9.58. The number of hydrogen-bond donors (Lipinski definition) is 2. The van der Waals surface area contributed by atoms with Crippen molar-refractivity contribution in [2.24, 2.45) is 35.5 Å². The van der Waals surface area contributed by atoms with E-state index in [1.54, 1.807) is 0 Å². The van der Waals surface area contributed by atoms with Crippen molar-refractivity contribution in [3.8, 4) is 0 Å². The van der Waals surface area contributed by atoms with Crippen molar-refractivity contribution in [3.05, 3.63) is 0 Å². The molecule has 0 saturated heterocycles. The van der Waals surface area contributed by atoms with Crippen LogP contribution in [-0.2, 0) is 9.59 Å². The Morgan fingerprint density at radius 3 is 2.11 bits per heavy atom. The van der Waals surface area contributed by atoms with E-state index >= 15 is 0 Å². The van der Waals surface area contributed by atoms with Crippen LogP contribution < -0.4 is 0 Å². The summed E-state index contributed by atoms with van der Waals surface area (Å²) in [5.41, 5.74) is 0. The Bertz CT molecular complexity index is 352. The van der Waals surface area contributed by atoms with Crippen molar-refractivity contribution in [2.45, 2.75) is 39.5 Å². The van der Waals surface area contributed by atoms with E-state index in [1.807, 2.05) is 6.92 Å². The molecule has 0 aromatic heterocycles. The molecule has 0 amide bonds. The first-order valence-corrected chi connectivity index (χ1v) is 6.85. The molecule has 18 heavy (non-hydrogen) atoms. The van der Waals surface area contributed by atoms with Gasteiger partial charge in [0.1, 0.15) is 0 Å². The third-order valence-electron chi connectivity index (χ3n) is 5.13. The SMILES string of the molecule is CC1CC2CC(C(=O)O)CC(C)C2CC1C(=O)O. The van der Waals surface area contributed by atoms with Crippen molar-refractivity contribution < 1.29 is 19.8 Å². The number of carboxylic acids is 2. The molecule has 2 N–H and O–H groups in total. The molecule has 0 spiro atoms. The van der Waals surface area contributed by atoms with E-state index in [1.165, 1.54) is 0 Å². The summed E-state index contributed by atoms with van der Waals surface area (Å²) in [7, 11) is 0. The Labute approximate surface area is 107 Å². The highest BCUT2D eigenvalue weighted by Gasteiger charge is 2.45. The summed E-state index contributed by atoms with van der Waals surface area (Å²) in [5, 5.41) is 18.4. The molecule has 6 unspecified atom stereocenters. The molecule has 6 atom stereocenters. The van der Waals surface area contributed by atoms with Crippen LogP contribution in [0.15, 0.2) is 0 Å². The minimum Gasteiger partial charge on any atom is -0.481 e. The normalized spacial score (nSPS) is 44.1. The molecule has 2 aliphatic carbocycles. The molecule has 2 fully saturated rings. The summed E-state index contributed by atoms with van der Waals surface area (Å²) in [5.74, 6) is -0.534. The minimum atomic E-state index is -0.687. The summed E-state index contributed by atoms with van der Waals surface area (Å²) in [6, 6.07) is 0. The lowest BCUT2D eigenvalue weighted by Crippen LogP contribution is -2.42. The molecule has 4 nitrogen and oxygen atoms in total. The summed E-state index contributed by atoms with van der Waals surface area (Å²) >= 11 is 0. The average Bonchev–Trinajstić information content (AvgIpc) is 2.27. The zero-order chi connectivity index (χ0) is 13.4. The van der Waals surface area contributed by atoms with Crippen LogP contribution in [0.1, 0.15) is 39.5 Å². The van der Waals surface area contributed by atoms with Gasteiger partial charge in [-0.05, 0) is 49.4 Å². The maximum Gasteiger partial charge on any atom is 0.306 e. The monoisotopic (exact) mass is 254 g/mol. The number of fused-ring (bicyclic) bond motifs is 1. The van der Waals surface area contributed by atoms with Gasteiger partial charge in [0, 0.05) is 0 Å². The van der Waals surface area contributed by atoms with Crippen LogP contribution in [-0.4, -0.2) is 22.2 Å². The minimum absolute atomic E-state index is 0.170. The van der Waals surface area contributed by atoms with Gasteiger partial charge in [0.25, 0.3) is 0 Å². The van der Waals surface area contributed by atoms with E-state index < -0.39 is 11.9 Å². The molecular weight excluding hydrogens is 232 g/mol. The second-order valence-electron chi connectivity index (χ2n) is 6.30. The molecule has 4 heteroatoms. The van der Waals surface area contributed by atoms with Crippen LogP contribution in [0.4, 0.5) is 0 Å². The number of rotatable bonds is 2. The molecule has 0 aromatic rings. The van der Waals surface area contributed by atoms with Gasteiger partial charge >= 0.3 is 11.9 Å². The molecule has 2 aliphatic rings. The largest absolute Gasteiger partial charge is 0.481 e. The Kier molecular flexibility index (Phi) is 3.64. The third-order valence-corrected chi connectivity index (χ3v) is 5.13. The Balaban J connectivity index is 2.11. The van der Waals surface area contributed by atoms with E-state index in [-0.39, 0.29) is 17.8 Å². The van der Waals surface area contributed by atoms with Crippen molar-refractivity contribution >= 4 is 11.9 Å². The highest BCUT2D eigenvalue weighted by molar-refractivity contribution is 5.71. The van der Waals surface area contributed by atoms with Gasteiger partial charge in [-0.15, -0.1) is 0 Å². The molecule has 102 valence electrons. The maximum atomic E-state index is 11.2. The fourth-order valence-electron chi connectivity index (χ4n) is 4.13. The van der Waals surface area contributed by atoms with Crippen LogP contribution in [0, 0.1) is 35.5 Å². The predicted octanol–water partition coefficient (Wildman–Crippen LogP) is 2.48. The van der Waals surface area contributed by atoms with Gasteiger partial charge in [0.05, 0.1) is 11.8 Å².